The molecule has 0 aliphatic carbocycles. The van der Waals surface area contributed by atoms with Crippen molar-refractivity contribution in [2.45, 2.75) is 26.4 Å². The van der Waals surface area contributed by atoms with E-state index < -0.39 is 18.0 Å². The highest BCUT2D eigenvalue weighted by Gasteiger charge is 2.17. The smallest absolute Gasteiger partial charge is 0.339 e. The second-order valence-corrected chi connectivity index (χ2v) is 4.98. The third kappa shape index (κ3) is 3.52. The van der Waals surface area contributed by atoms with E-state index in [0.29, 0.717) is 0 Å². The molecule has 0 unspecified atom stereocenters. The predicted octanol–water partition coefficient (Wildman–Crippen LogP) is 2.53. The number of carboxylic acid groups (broad SMARTS) is 1. The molecule has 0 spiro atoms. The fourth-order valence-corrected chi connectivity index (χ4v) is 2.16. The van der Waals surface area contributed by atoms with Crippen molar-refractivity contribution in [2.24, 2.45) is 0 Å². The SMILES string of the molecule is CCc1ccc([C@@H](C)OC(=O)c2ccccc2C(=O)[O-])cc1. The van der Waals surface area contributed by atoms with E-state index in [9.17, 15) is 14.7 Å². The van der Waals surface area contributed by atoms with Crippen LogP contribution >= 0.6 is 0 Å². The van der Waals surface area contributed by atoms with Crippen LogP contribution in [0.3, 0.4) is 0 Å². The van der Waals surface area contributed by atoms with Crippen molar-refractivity contribution >= 4 is 11.9 Å². The lowest BCUT2D eigenvalue weighted by Crippen LogP contribution is -2.25. The van der Waals surface area contributed by atoms with E-state index >= 15 is 0 Å². The molecule has 22 heavy (non-hydrogen) atoms. The molecule has 0 aromatic heterocycles. The quantitative estimate of drug-likeness (QED) is 0.795. The van der Waals surface area contributed by atoms with Gasteiger partial charge in [-0.25, -0.2) is 4.79 Å². The second kappa shape index (κ2) is 6.89. The van der Waals surface area contributed by atoms with E-state index in [1.807, 2.05) is 24.3 Å². The van der Waals surface area contributed by atoms with Crippen molar-refractivity contribution in [2.75, 3.05) is 0 Å². The normalized spacial score (nSPS) is 11.7. The van der Waals surface area contributed by atoms with Crippen molar-refractivity contribution in [1.29, 1.82) is 0 Å². The van der Waals surface area contributed by atoms with Crippen LogP contribution in [0.4, 0.5) is 0 Å². The van der Waals surface area contributed by atoms with E-state index in [2.05, 4.69) is 6.92 Å². The minimum Gasteiger partial charge on any atom is -0.545 e. The highest BCUT2D eigenvalue weighted by atomic mass is 16.5. The summed E-state index contributed by atoms with van der Waals surface area (Å²) in [5.74, 6) is -2.07. The van der Waals surface area contributed by atoms with E-state index in [-0.39, 0.29) is 11.1 Å². The number of rotatable bonds is 5. The van der Waals surface area contributed by atoms with Gasteiger partial charge in [0.2, 0.25) is 0 Å². The molecule has 0 bridgehead atoms. The minimum atomic E-state index is -1.40. The Morgan fingerprint density at radius 2 is 1.64 bits per heavy atom. The Labute approximate surface area is 129 Å². The maximum absolute atomic E-state index is 12.2. The average molecular weight is 297 g/mol. The van der Waals surface area contributed by atoms with Crippen LogP contribution in [0.15, 0.2) is 48.5 Å². The number of hydrogen-bond acceptors (Lipinski definition) is 4. The fourth-order valence-electron chi connectivity index (χ4n) is 2.16. The first kappa shape index (κ1) is 15.8. The molecule has 0 aliphatic heterocycles. The molecule has 0 amide bonds. The molecule has 0 heterocycles. The molecule has 0 saturated heterocycles. The van der Waals surface area contributed by atoms with Gasteiger partial charge in [0.25, 0.3) is 0 Å². The maximum atomic E-state index is 12.2. The molecule has 114 valence electrons. The first-order chi connectivity index (χ1) is 10.5. The Morgan fingerprint density at radius 3 is 2.18 bits per heavy atom. The summed E-state index contributed by atoms with van der Waals surface area (Å²) in [4.78, 5) is 23.2. The zero-order valence-corrected chi connectivity index (χ0v) is 12.5. The lowest BCUT2D eigenvalue weighted by Gasteiger charge is -2.16. The monoisotopic (exact) mass is 297 g/mol. The number of carbonyl (C=O) groups excluding carboxylic acids is 2. The highest BCUT2D eigenvalue weighted by Crippen LogP contribution is 2.20. The van der Waals surface area contributed by atoms with Gasteiger partial charge in [-0.3, -0.25) is 0 Å². The number of carboxylic acids is 1. The average Bonchev–Trinajstić information content (AvgIpc) is 2.54. The van der Waals surface area contributed by atoms with E-state index in [0.717, 1.165) is 12.0 Å². The van der Waals surface area contributed by atoms with Gasteiger partial charge in [-0.1, -0.05) is 49.4 Å². The molecule has 0 fully saturated rings. The highest BCUT2D eigenvalue weighted by molar-refractivity contribution is 6.01. The summed E-state index contributed by atoms with van der Waals surface area (Å²) in [6, 6.07) is 13.6. The van der Waals surface area contributed by atoms with Crippen LogP contribution in [0, 0.1) is 0 Å². The Hall–Kier alpha value is -2.62. The first-order valence-electron chi connectivity index (χ1n) is 7.13. The fraction of sp³-hybridized carbons (Fsp3) is 0.222. The zero-order valence-electron chi connectivity index (χ0n) is 12.5. The number of benzene rings is 2. The largest absolute Gasteiger partial charge is 0.545 e. The van der Waals surface area contributed by atoms with Crippen LogP contribution < -0.4 is 5.11 Å². The molecule has 2 aromatic carbocycles. The number of aromatic carboxylic acids is 1. The molecular weight excluding hydrogens is 280 g/mol. The summed E-state index contributed by atoms with van der Waals surface area (Å²) in [6.45, 7) is 3.82. The standard InChI is InChI=1S/C18H18O4/c1-3-13-8-10-14(11-9-13)12(2)22-18(21)16-7-5-4-6-15(16)17(19)20/h4-12H,3H2,1-2H3,(H,19,20)/p-1/t12-/m1/s1. The molecule has 4 nitrogen and oxygen atoms in total. The molecule has 4 heteroatoms. The van der Waals surface area contributed by atoms with Crippen molar-refractivity contribution in [3.05, 3.63) is 70.8 Å². The van der Waals surface area contributed by atoms with Gasteiger partial charge >= 0.3 is 5.97 Å². The van der Waals surface area contributed by atoms with Gasteiger partial charge < -0.3 is 14.6 Å². The summed E-state index contributed by atoms with van der Waals surface area (Å²) >= 11 is 0. The van der Waals surface area contributed by atoms with Gasteiger partial charge in [0.1, 0.15) is 6.10 Å². The van der Waals surface area contributed by atoms with Crippen molar-refractivity contribution < 1.29 is 19.4 Å². The summed E-state index contributed by atoms with van der Waals surface area (Å²) in [6.07, 6.45) is 0.473. The Bertz CT molecular complexity index is 674. The van der Waals surface area contributed by atoms with Crippen LogP contribution in [0.1, 0.15) is 51.8 Å². The lowest BCUT2D eigenvalue weighted by molar-refractivity contribution is -0.255. The summed E-state index contributed by atoms with van der Waals surface area (Å²) in [7, 11) is 0. The van der Waals surface area contributed by atoms with Gasteiger partial charge in [-0.15, -0.1) is 0 Å². The van der Waals surface area contributed by atoms with Gasteiger partial charge in [-0.05, 0) is 30.5 Å². The van der Waals surface area contributed by atoms with Crippen LogP contribution in [0.5, 0.6) is 0 Å². The molecule has 2 aromatic rings. The number of aryl methyl sites for hydroxylation is 1. The van der Waals surface area contributed by atoms with E-state index in [4.69, 9.17) is 4.74 Å². The van der Waals surface area contributed by atoms with Crippen LogP contribution in [-0.4, -0.2) is 11.9 Å². The van der Waals surface area contributed by atoms with Crippen molar-refractivity contribution in [1.82, 2.24) is 0 Å². The lowest BCUT2D eigenvalue weighted by atomic mass is 10.1. The molecule has 1 atom stereocenters. The molecular formula is C18H17O4-. The molecule has 0 aliphatic rings. The predicted molar refractivity (Wildman–Crippen MR) is 80.4 cm³/mol. The Kier molecular flexibility index (Phi) is 4.94. The number of ether oxygens (including phenoxy) is 1. The topological polar surface area (TPSA) is 66.4 Å². The van der Waals surface area contributed by atoms with Crippen molar-refractivity contribution in [3.8, 4) is 0 Å². The van der Waals surface area contributed by atoms with Crippen LogP contribution in [-0.2, 0) is 11.2 Å². The van der Waals surface area contributed by atoms with Gasteiger partial charge in [-0.2, -0.15) is 0 Å². The van der Waals surface area contributed by atoms with Gasteiger partial charge in [0.15, 0.2) is 0 Å². The zero-order chi connectivity index (χ0) is 16.1. The molecule has 0 N–H and O–H groups in total. The van der Waals surface area contributed by atoms with Crippen LogP contribution in [0.25, 0.3) is 0 Å². The molecule has 0 radical (unpaired) electrons. The Morgan fingerprint density at radius 1 is 1.05 bits per heavy atom. The van der Waals surface area contributed by atoms with Gasteiger partial charge in [0.05, 0.1) is 11.5 Å². The second-order valence-electron chi connectivity index (χ2n) is 4.98. The summed E-state index contributed by atoms with van der Waals surface area (Å²) < 4.78 is 5.36. The molecule has 0 saturated carbocycles. The summed E-state index contributed by atoms with van der Waals surface area (Å²) in [5, 5.41) is 11.0. The first-order valence-corrected chi connectivity index (χ1v) is 7.13. The third-order valence-corrected chi connectivity index (χ3v) is 3.51. The van der Waals surface area contributed by atoms with Crippen molar-refractivity contribution in [3.63, 3.8) is 0 Å². The van der Waals surface area contributed by atoms with Gasteiger partial charge in [0, 0.05) is 5.56 Å². The minimum absolute atomic E-state index is 0.000437. The van der Waals surface area contributed by atoms with Crippen LogP contribution in [0.2, 0.25) is 0 Å². The number of esters is 1. The number of carbonyl (C=O) groups is 2. The van der Waals surface area contributed by atoms with E-state index in [1.165, 1.54) is 23.8 Å². The summed E-state index contributed by atoms with van der Waals surface area (Å²) in [5.41, 5.74) is 1.89. The molecule has 2 rings (SSSR count). The number of hydrogen-bond donors (Lipinski definition) is 0. The third-order valence-electron chi connectivity index (χ3n) is 3.51. The maximum Gasteiger partial charge on any atom is 0.339 e. The Balaban J connectivity index is 2.16. The van der Waals surface area contributed by atoms with E-state index in [1.54, 1.807) is 13.0 Å².